The van der Waals surface area contributed by atoms with E-state index in [2.05, 4.69) is 9.97 Å². The zero-order chi connectivity index (χ0) is 11.3. The Balaban J connectivity index is 0.000000195. The molecule has 0 amide bonds. The standard InChI is InChI=1S/C8H6N2.CH4O3S/c1-2-4-8-7(3-1)9-5-6-10-8;1-5(2,3)4/h1-6H;1H3,(H,2,3,4). The van der Waals surface area contributed by atoms with Crippen molar-refractivity contribution in [2.75, 3.05) is 6.26 Å². The molecule has 0 bridgehead atoms. The van der Waals surface area contributed by atoms with Gasteiger partial charge >= 0.3 is 0 Å². The highest BCUT2D eigenvalue weighted by Crippen LogP contribution is 2.04. The van der Waals surface area contributed by atoms with Gasteiger partial charge in [0.25, 0.3) is 10.1 Å². The Labute approximate surface area is 87.6 Å². The van der Waals surface area contributed by atoms with Crippen molar-refractivity contribution in [3.63, 3.8) is 0 Å². The van der Waals surface area contributed by atoms with Crippen molar-refractivity contribution < 1.29 is 13.0 Å². The van der Waals surface area contributed by atoms with Crippen LogP contribution in [0.2, 0.25) is 0 Å². The molecule has 0 saturated heterocycles. The molecule has 0 saturated carbocycles. The maximum atomic E-state index is 9.19. The van der Waals surface area contributed by atoms with Crippen LogP contribution in [0.3, 0.4) is 0 Å². The summed E-state index contributed by atoms with van der Waals surface area (Å²) in [5.41, 5.74) is 1.90. The van der Waals surface area contributed by atoms with Gasteiger partial charge in [0.2, 0.25) is 0 Å². The molecule has 0 aliphatic heterocycles. The van der Waals surface area contributed by atoms with Crippen LogP contribution in [0.4, 0.5) is 0 Å². The van der Waals surface area contributed by atoms with Crippen LogP contribution in [0.15, 0.2) is 36.7 Å². The highest BCUT2D eigenvalue weighted by molar-refractivity contribution is 7.85. The summed E-state index contributed by atoms with van der Waals surface area (Å²) in [6, 6.07) is 7.80. The lowest BCUT2D eigenvalue weighted by Gasteiger charge is -1.90. The molecular formula is C9H10N2O3S. The lowest BCUT2D eigenvalue weighted by atomic mass is 10.3. The first kappa shape index (κ1) is 11.5. The molecule has 80 valence electrons. The van der Waals surface area contributed by atoms with Gasteiger partial charge in [-0.1, -0.05) is 12.1 Å². The molecule has 6 heteroatoms. The molecule has 0 unspecified atom stereocenters. The molecule has 1 heterocycles. The molecule has 2 rings (SSSR count). The largest absolute Gasteiger partial charge is 0.286 e. The van der Waals surface area contributed by atoms with E-state index in [0.29, 0.717) is 6.26 Å². The Hall–Kier alpha value is -1.53. The predicted octanol–water partition coefficient (Wildman–Crippen LogP) is 1.13. The van der Waals surface area contributed by atoms with Crippen LogP contribution in [-0.2, 0) is 10.1 Å². The Morgan fingerprint density at radius 3 is 1.73 bits per heavy atom. The third-order valence-electron chi connectivity index (χ3n) is 1.38. The molecule has 2 aromatic rings. The Morgan fingerprint density at radius 1 is 1.07 bits per heavy atom. The van der Waals surface area contributed by atoms with Crippen molar-refractivity contribution >= 4 is 21.2 Å². The number of nitrogens with zero attached hydrogens (tertiary/aromatic N) is 2. The van der Waals surface area contributed by atoms with Crippen LogP contribution in [-0.4, -0.2) is 29.2 Å². The maximum absolute atomic E-state index is 9.19. The van der Waals surface area contributed by atoms with Crippen molar-refractivity contribution in [3.05, 3.63) is 36.7 Å². The Kier molecular flexibility index (Phi) is 3.70. The SMILES string of the molecule is CS(=O)(=O)O.c1ccc2nccnc2c1. The van der Waals surface area contributed by atoms with E-state index in [9.17, 15) is 8.42 Å². The summed E-state index contributed by atoms with van der Waals surface area (Å²) in [6.45, 7) is 0. The molecule has 15 heavy (non-hydrogen) atoms. The molecule has 1 aromatic carbocycles. The van der Waals surface area contributed by atoms with Gasteiger partial charge in [-0.3, -0.25) is 14.5 Å². The molecule has 1 N–H and O–H groups in total. The number of rotatable bonds is 0. The van der Waals surface area contributed by atoms with Crippen molar-refractivity contribution in [1.29, 1.82) is 0 Å². The summed E-state index contributed by atoms with van der Waals surface area (Å²) in [6.07, 6.45) is 4.11. The molecule has 0 spiro atoms. The molecule has 0 atom stereocenters. The smallest absolute Gasteiger partial charge is 0.261 e. The van der Waals surface area contributed by atoms with Gasteiger partial charge in [0.15, 0.2) is 0 Å². The molecular weight excluding hydrogens is 216 g/mol. The summed E-state index contributed by atoms with van der Waals surface area (Å²) >= 11 is 0. The molecule has 0 radical (unpaired) electrons. The van der Waals surface area contributed by atoms with Crippen molar-refractivity contribution in [1.82, 2.24) is 9.97 Å². The van der Waals surface area contributed by atoms with Crippen LogP contribution in [0.1, 0.15) is 0 Å². The zero-order valence-corrected chi connectivity index (χ0v) is 8.85. The van der Waals surface area contributed by atoms with Gasteiger partial charge in [-0.05, 0) is 12.1 Å². The first-order valence-corrected chi connectivity index (χ1v) is 5.90. The molecule has 0 aliphatic rings. The summed E-state index contributed by atoms with van der Waals surface area (Å²) in [4.78, 5) is 8.24. The Morgan fingerprint density at radius 2 is 1.40 bits per heavy atom. The monoisotopic (exact) mass is 226 g/mol. The topological polar surface area (TPSA) is 80.2 Å². The minimum absolute atomic E-state index is 0.715. The summed E-state index contributed by atoms with van der Waals surface area (Å²) < 4.78 is 25.9. The number of aromatic nitrogens is 2. The van der Waals surface area contributed by atoms with Crippen LogP contribution < -0.4 is 0 Å². The van der Waals surface area contributed by atoms with E-state index in [1.807, 2.05) is 24.3 Å². The van der Waals surface area contributed by atoms with Gasteiger partial charge in [-0.2, -0.15) is 8.42 Å². The van der Waals surface area contributed by atoms with E-state index in [4.69, 9.17) is 4.55 Å². The first-order chi connectivity index (χ1) is 6.97. The fraction of sp³-hybridized carbons (Fsp3) is 0.111. The number of benzene rings is 1. The molecule has 0 aliphatic carbocycles. The van der Waals surface area contributed by atoms with Gasteiger partial charge in [0, 0.05) is 12.4 Å². The number of fused-ring (bicyclic) bond motifs is 1. The summed E-state index contributed by atoms with van der Waals surface area (Å²) in [7, 11) is -3.67. The third kappa shape index (κ3) is 5.04. The summed E-state index contributed by atoms with van der Waals surface area (Å²) in [5, 5.41) is 0. The number of para-hydroxylation sites is 2. The van der Waals surface area contributed by atoms with Gasteiger partial charge in [0.05, 0.1) is 17.3 Å². The van der Waals surface area contributed by atoms with E-state index in [1.54, 1.807) is 12.4 Å². The van der Waals surface area contributed by atoms with E-state index in [1.165, 1.54) is 0 Å². The van der Waals surface area contributed by atoms with Crippen molar-refractivity contribution in [2.45, 2.75) is 0 Å². The van der Waals surface area contributed by atoms with Crippen LogP contribution in [0.25, 0.3) is 11.0 Å². The second-order valence-corrected chi connectivity index (χ2v) is 4.24. The van der Waals surface area contributed by atoms with Crippen LogP contribution in [0.5, 0.6) is 0 Å². The fourth-order valence-corrected chi connectivity index (χ4v) is 0.910. The normalized spacial score (nSPS) is 10.5. The average molecular weight is 226 g/mol. The van der Waals surface area contributed by atoms with Gasteiger partial charge in [0.1, 0.15) is 0 Å². The van der Waals surface area contributed by atoms with E-state index in [0.717, 1.165) is 11.0 Å². The van der Waals surface area contributed by atoms with E-state index < -0.39 is 10.1 Å². The quantitative estimate of drug-likeness (QED) is 0.681. The Bertz CT molecular complexity index is 466. The minimum Gasteiger partial charge on any atom is -0.286 e. The summed E-state index contributed by atoms with van der Waals surface area (Å²) in [5.74, 6) is 0. The highest BCUT2D eigenvalue weighted by atomic mass is 32.2. The van der Waals surface area contributed by atoms with Gasteiger partial charge in [-0.25, -0.2) is 0 Å². The number of hydrogen-bond acceptors (Lipinski definition) is 4. The van der Waals surface area contributed by atoms with E-state index >= 15 is 0 Å². The van der Waals surface area contributed by atoms with Crippen LogP contribution in [0, 0.1) is 0 Å². The number of hydrogen-bond donors (Lipinski definition) is 1. The fourth-order valence-electron chi connectivity index (χ4n) is 0.910. The zero-order valence-electron chi connectivity index (χ0n) is 8.03. The average Bonchev–Trinajstić information content (AvgIpc) is 2.16. The first-order valence-electron chi connectivity index (χ1n) is 4.05. The second kappa shape index (κ2) is 4.81. The molecule has 0 fully saturated rings. The van der Waals surface area contributed by atoms with Crippen molar-refractivity contribution in [3.8, 4) is 0 Å². The minimum atomic E-state index is -3.67. The second-order valence-electron chi connectivity index (χ2n) is 2.78. The van der Waals surface area contributed by atoms with Gasteiger partial charge in [-0.15, -0.1) is 0 Å². The lowest BCUT2D eigenvalue weighted by Crippen LogP contribution is -1.88. The van der Waals surface area contributed by atoms with Gasteiger partial charge < -0.3 is 0 Å². The van der Waals surface area contributed by atoms with Crippen LogP contribution >= 0.6 is 0 Å². The third-order valence-corrected chi connectivity index (χ3v) is 1.38. The maximum Gasteiger partial charge on any atom is 0.261 e. The highest BCUT2D eigenvalue weighted by Gasteiger charge is 1.88. The lowest BCUT2D eigenvalue weighted by molar-refractivity contribution is 0.490. The van der Waals surface area contributed by atoms with Crippen molar-refractivity contribution in [2.24, 2.45) is 0 Å². The molecule has 5 nitrogen and oxygen atoms in total. The molecule has 1 aromatic heterocycles. The van der Waals surface area contributed by atoms with E-state index in [-0.39, 0.29) is 0 Å². The predicted molar refractivity (Wildman–Crippen MR) is 57.0 cm³/mol.